The average molecular weight is 426 g/mol. The number of aliphatic imine (C=N–C) groups is 1. The van der Waals surface area contributed by atoms with Gasteiger partial charge in [-0.2, -0.15) is 0 Å². The molecule has 0 aromatic carbocycles. The van der Waals surface area contributed by atoms with Crippen molar-refractivity contribution in [2.75, 3.05) is 33.3 Å². The Kier molecular flexibility index (Phi) is 10.9. The number of carbonyl (C=O) groups excluding carboxylic acids is 2. The quantitative estimate of drug-likeness (QED) is 0.173. The summed E-state index contributed by atoms with van der Waals surface area (Å²) < 4.78 is 4.66. The first-order valence-corrected chi connectivity index (χ1v) is 7.46. The standard InChI is InChI=1S/C14H26N4O3.HI/c1-4-15-14(18-9-10(2)13(20)21-3)17-8-7-16-12(19)11-5-6-11;/h10-11H,4-9H2,1-3H3,(H,16,19)(H2,15,17,18);1H. The van der Waals surface area contributed by atoms with Crippen LogP contribution in [0.25, 0.3) is 0 Å². The van der Waals surface area contributed by atoms with Gasteiger partial charge < -0.3 is 20.7 Å². The Balaban J connectivity index is 0.00000441. The van der Waals surface area contributed by atoms with Crippen LogP contribution in [0.2, 0.25) is 0 Å². The minimum absolute atomic E-state index is 0. The smallest absolute Gasteiger partial charge is 0.310 e. The number of hydrogen-bond donors (Lipinski definition) is 3. The summed E-state index contributed by atoms with van der Waals surface area (Å²) in [6.07, 6.45) is 2.02. The third-order valence-electron chi connectivity index (χ3n) is 3.14. The highest BCUT2D eigenvalue weighted by Crippen LogP contribution is 2.28. The fraction of sp³-hybridized carbons (Fsp3) is 0.786. The molecule has 0 aromatic rings. The lowest BCUT2D eigenvalue weighted by Gasteiger charge is -2.13. The fourth-order valence-corrected chi connectivity index (χ4v) is 1.70. The van der Waals surface area contributed by atoms with Crippen molar-refractivity contribution in [2.24, 2.45) is 16.8 Å². The third kappa shape index (κ3) is 8.40. The molecule has 1 fully saturated rings. The van der Waals surface area contributed by atoms with E-state index in [0.717, 1.165) is 19.4 Å². The summed E-state index contributed by atoms with van der Waals surface area (Å²) in [5.41, 5.74) is 0. The van der Waals surface area contributed by atoms with Gasteiger partial charge in [0.15, 0.2) is 5.96 Å². The minimum atomic E-state index is -0.278. The van der Waals surface area contributed by atoms with Gasteiger partial charge in [0.05, 0.1) is 19.6 Å². The molecule has 128 valence electrons. The molecule has 0 saturated heterocycles. The Hall–Kier alpha value is -1.06. The number of rotatable bonds is 8. The van der Waals surface area contributed by atoms with E-state index in [1.54, 1.807) is 6.92 Å². The summed E-state index contributed by atoms with van der Waals surface area (Å²) in [6.45, 7) is 5.98. The molecule has 22 heavy (non-hydrogen) atoms. The van der Waals surface area contributed by atoms with Gasteiger partial charge in [-0.25, -0.2) is 0 Å². The van der Waals surface area contributed by atoms with E-state index < -0.39 is 0 Å². The third-order valence-corrected chi connectivity index (χ3v) is 3.14. The van der Waals surface area contributed by atoms with Crippen LogP contribution in [0.15, 0.2) is 4.99 Å². The van der Waals surface area contributed by atoms with Gasteiger partial charge in [-0.05, 0) is 19.8 Å². The van der Waals surface area contributed by atoms with E-state index in [-0.39, 0.29) is 47.7 Å². The lowest BCUT2D eigenvalue weighted by molar-refractivity contribution is -0.144. The zero-order valence-electron chi connectivity index (χ0n) is 13.5. The van der Waals surface area contributed by atoms with E-state index in [0.29, 0.717) is 25.6 Å². The predicted molar refractivity (Wildman–Crippen MR) is 96.3 cm³/mol. The van der Waals surface area contributed by atoms with Crippen molar-refractivity contribution in [3.8, 4) is 0 Å². The van der Waals surface area contributed by atoms with Crippen LogP contribution in [0.3, 0.4) is 0 Å². The molecule has 0 aliphatic heterocycles. The number of nitrogens with one attached hydrogen (secondary N) is 3. The van der Waals surface area contributed by atoms with Gasteiger partial charge >= 0.3 is 5.97 Å². The number of amides is 1. The number of methoxy groups -OCH3 is 1. The normalized spacial score (nSPS) is 15.3. The topological polar surface area (TPSA) is 91.8 Å². The van der Waals surface area contributed by atoms with Crippen LogP contribution in [-0.4, -0.2) is 51.1 Å². The first-order chi connectivity index (χ1) is 10.1. The molecule has 7 nitrogen and oxygen atoms in total. The molecular weight excluding hydrogens is 399 g/mol. The van der Waals surface area contributed by atoms with Crippen LogP contribution in [0.1, 0.15) is 26.7 Å². The highest BCUT2D eigenvalue weighted by Gasteiger charge is 2.28. The first-order valence-electron chi connectivity index (χ1n) is 7.46. The molecular formula is C14H27IN4O3. The Bertz CT molecular complexity index is 386. The van der Waals surface area contributed by atoms with Crippen LogP contribution in [0.4, 0.5) is 0 Å². The second-order valence-electron chi connectivity index (χ2n) is 5.14. The van der Waals surface area contributed by atoms with Crippen molar-refractivity contribution >= 4 is 41.8 Å². The Morgan fingerprint density at radius 1 is 1.23 bits per heavy atom. The SMILES string of the molecule is CCNC(=NCC(C)C(=O)OC)NCCNC(=O)C1CC1.I. The first kappa shape index (κ1) is 20.9. The highest BCUT2D eigenvalue weighted by molar-refractivity contribution is 14.0. The van der Waals surface area contributed by atoms with Gasteiger partial charge in [0.25, 0.3) is 0 Å². The van der Waals surface area contributed by atoms with Crippen molar-refractivity contribution < 1.29 is 14.3 Å². The average Bonchev–Trinajstić information content (AvgIpc) is 3.32. The Morgan fingerprint density at radius 3 is 2.41 bits per heavy atom. The van der Waals surface area contributed by atoms with Crippen LogP contribution in [-0.2, 0) is 14.3 Å². The van der Waals surface area contributed by atoms with Gasteiger partial charge in [-0.1, -0.05) is 6.92 Å². The van der Waals surface area contributed by atoms with Crippen molar-refractivity contribution in [1.29, 1.82) is 0 Å². The second kappa shape index (κ2) is 11.5. The summed E-state index contributed by atoms with van der Waals surface area (Å²) in [5, 5.41) is 9.09. The summed E-state index contributed by atoms with van der Waals surface area (Å²) in [5.74, 6) is 0.450. The van der Waals surface area contributed by atoms with Crippen molar-refractivity contribution in [1.82, 2.24) is 16.0 Å². The van der Waals surface area contributed by atoms with Gasteiger partial charge in [0, 0.05) is 25.6 Å². The van der Waals surface area contributed by atoms with Crippen LogP contribution < -0.4 is 16.0 Å². The molecule has 8 heteroatoms. The minimum Gasteiger partial charge on any atom is -0.469 e. The van der Waals surface area contributed by atoms with Gasteiger partial charge in [-0.15, -0.1) is 24.0 Å². The van der Waals surface area contributed by atoms with Crippen LogP contribution >= 0.6 is 24.0 Å². The van der Waals surface area contributed by atoms with E-state index in [9.17, 15) is 9.59 Å². The maximum atomic E-state index is 11.5. The molecule has 1 amide bonds. The Labute approximate surface area is 149 Å². The van der Waals surface area contributed by atoms with E-state index in [1.165, 1.54) is 7.11 Å². The molecule has 3 N–H and O–H groups in total. The molecule has 1 rings (SSSR count). The number of hydrogen-bond acceptors (Lipinski definition) is 4. The second-order valence-corrected chi connectivity index (χ2v) is 5.14. The summed E-state index contributed by atoms with van der Waals surface area (Å²) >= 11 is 0. The molecule has 1 unspecified atom stereocenters. The molecule has 0 bridgehead atoms. The summed E-state index contributed by atoms with van der Waals surface area (Å²) in [7, 11) is 1.37. The predicted octanol–water partition coefficient (Wildman–Crippen LogP) is 0.495. The number of carbonyl (C=O) groups is 2. The fourth-order valence-electron chi connectivity index (χ4n) is 1.70. The van der Waals surface area contributed by atoms with Gasteiger partial charge in [-0.3, -0.25) is 14.6 Å². The molecule has 0 aromatic heterocycles. The maximum absolute atomic E-state index is 11.5. The zero-order valence-corrected chi connectivity index (χ0v) is 15.8. The van der Waals surface area contributed by atoms with Crippen molar-refractivity contribution in [3.63, 3.8) is 0 Å². The molecule has 1 aliphatic carbocycles. The molecule has 0 radical (unpaired) electrons. The van der Waals surface area contributed by atoms with Crippen molar-refractivity contribution in [2.45, 2.75) is 26.7 Å². The number of guanidine groups is 1. The summed E-state index contributed by atoms with van der Waals surface area (Å²) in [6, 6.07) is 0. The zero-order chi connectivity index (χ0) is 15.7. The molecule has 1 aliphatic rings. The van der Waals surface area contributed by atoms with E-state index in [2.05, 4.69) is 25.7 Å². The van der Waals surface area contributed by atoms with E-state index in [1.807, 2.05) is 6.92 Å². The van der Waals surface area contributed by atoms with E-state index in [4.69, 9.17) is 0 Å². The molecule has 1 saturated carbocycles. The molecule has 0 spiro atoms. The Morgan fingerprint density at radius 2 is 1.86 bits per heavy atom. The number of ether oxygens (including phenoxy) is 1. The monoisotopic (exact) mass is 426 g/mol. The highest BCUT2D eigenvalue weighted by atomic mass is 127. The van der Waals surface area contributed by atoms with Gasteiger partial charge in [0.2, 0.25) is 5.91 Å². The number of esters is 1. The maximum Gasteiger partial charge on any atom is 0.310 e. The number of halogens is 1. The van der Waals surface area contributed by atoms with Crippen LogP contribution in [0.5, 0.6) is 0 Å². The van der Waals surface area contributed by atoms with E-state index >= 15 is 0 Å². The van der Waals surface area contributed by atoms with Gasteiger partial charge in [0.1, 0.15) is 0 Å². The van der Waals surface area contributed by atoms with Crippen LogP contribution in [0, 0.1) is 11.8 Å². The lowest BCUT2D eigenvalue weighted by atomic mass is 10.2. The largest absolute Gasteiger partial charge is 0.469 e. The van der Waals surface area contributed by atoms with Crippen molar-refractivity contribution in [3.05, 3.63) is 0 Å². The molecule has 0 heterocycles. The molecule has 1 atom stereocenters. The summed E-state index contributed by atoms with van der Waals surface area (Å²) in [4.78, 5) is 27.1. The lowest BCUT2D eigenvalue weighted by Crippen LogP contribution is -2.42. The number of nitrogens with zero attached hydrogens (tertiary/aromatic N) is 1.